The summed E-state index contributed by atoms with van der Waals surface area (Å²) < 4.78 is 43.3. The Labute approximate surface area is 161 Å². The lowest BCUT2D eigenvalue weighted by Crippen LogP contribution is -2.11. The van der Waals surface area contributed by atoms with Crippen LogP contribution in [-0.4, -0.2) is 33.1 Å². The van der Waals surface area contributed by atoms with Crippen LogP contribution in [-0.2, 0) is 10.9 Å². The molecule has 1 atom stereocenters. The number of nitrogens with two attached hydrogens (primary N) is 1. The van der Waals surface area contributed by atoms with E-state index in [1.807, 2.05) is 0 Å². The van der Waals surface area contributed by atoms with Crippen molar-refractivity contribution in [2.75, 3.05) is 18.2 Å². The van der Waals surface area contributed by atoms with E-state index >= 15 is 0 Å². The predicted molar refractivity (Wildman–Crippen MR) is 97.8 cm³/mol. The van der Waals surface area contributed by atoms with Gasteiger partial charge in [-0.1, -0.05) is 11.8 Å². The van der Waals surface area contributed by atoms with Crippen molar-refractivity contribution in [1.82, 2.24) is 19.9 Å². The number of amides is 1. The van der Waals surface area contributed by atoms with E-state index in [2.05, 4.69) is 30.0 Å². The molecule has 0 saturated heterocycles. The number of anilines is 2. The first-order valence-electron chi connectivity index (χ1n) is 7.87. The molecule has 28 heavy (non-hydrogen) atoms. The minimum atomic E-state index is -4.62. The van der Waals surface area contributed by atoms with Crippen molar-refractivity contribution in [3.05, 3.63) is 35.9 Å². The summed E-state index contributed by atoms with van der Waals surface area (Å²) in [5.41, 5.74) is 6.09. The van der Waals surface area contributed by atoms with Crippen LogP contribution in [0.4, 0.5) is 29.5 Å². The zero-order valence-electron chi connectivity index (χ0n) is 14.7. The largest absolute Gasteiger partial charge is 0.453 e. The van der Waals surface area contributed by atoms with Gasteiger partial charge in [0.25, 0.3) is 0 Å². The summed E-state index contributed by atoms with van der Waals surface area (Å²) in [6, 6.07) is 2.40. The summed E-state index contributed by atoms with van der Waals surface area (Å²) in [6.07, 6.45) is -2.10. The molecule has 3 rings (SSSR count). The van der Waals surface area contributed by atoms with Crippen molar-refractivity contribution >= 4 is 40.3 Å². The number of carbonyl (C=O) groups excluding carboxylic acids is 1. The Kier molecular flexibility index (Phi) is 5.31. The summed E-state index contributed by atoms with van der Waals surface area (Å²) in [5.74, 6) is -0.268. The number of fused-ring (bicyclic) bond motifs is 1. The van der Waals surface area contributed by atoms with Crippen molar-refractivity contribution in [1.29, 1.82) is 0 Å². The summed E-state index contributed by atoms with van der Waals surface area (Å²) in [5, 5.41) is 2.75. The second-order valence-electron chi connectivity index (χ2n) is 5.69. The highest BCUT2D eigenvalue weighted by Crippen LogP contribution is 2.36. The van der Waals surface area contributed by atoms with E-state index < -0.39 is 18.0 Å². The zero-order valence-corrected chi connectivity index (χ0v) is 15.5. The van der Waals surface area contributed by atoms with Crippen LogP contribution in [0.5, 0.6) is 0 Å². The number of nitrogens with zero attached hydrogens (tertiary/aromatic N) is 3. The van der Waals surface area contributed by atoms with E-state index in [0.29, 0.717) is 28.4 Å². The molecule has 4 N–H and O–H groups in total. The smallest absolute Gasteiger partial charge is 0.433 e. The molecule has 0 aliphatic heterocycles. The SMILES string of the molecule is COC(=O)Nc1c[nH]c2cnc(C(C)Sc3nc(N)cc(C(F)(F)F)n3)cc12. The fourth-order valence-electron chi connectivity index (χ4n) is 2.38. The van der Waals surface area contributed by atoms with E-state index in [0.717, 1.165) is 11.8 Å². The van der Waals surface area contributed by atoms with Gasteiger partial charge in [0.15, 0.2) is 10.9 Å². The molecule has 3 aromatic rings. The van der Waals surface area contributed by atoms with Gasteiger partial charge in [0.05, 0.1) is 35.5 Å². The topological polar surface area (TPSA) is 119 Å². The predicted octanol–water partition coefficient (Wildman–Crippen LogP) is 3.99. The highest BCUT2D eigenvalue weighted by Gasteiger charge is 2.33. The standard InChI is InChI=1S/C16H15F3N6O2S/c1-7(28-14-24-12(16(17,18)19)4-13(20)25-14)9-3-8-10(5-21-9)22-6-11(8)23-15(26)27-2/h3-7,22H,1-2H3,(H,23,26)(H2,20,24,25). The zero-order chi connectivity index (χ0) is 20.5. The Bertz CT molecular complexity index is 1020. The third kappa shape index (κ3) is 4.27. The number of thioether (sulfide) groups is 1. The molecule has 0 bridgehead atoms. The average molecular weight is 412 g/mol. The Hall–Kier alpha value is -3.02. The molecule has 0 aromatic carbocycles. The number of alkyl halides is 3. The summed E-state index contributed by atoms with van der Waals surface area (Å²) in [6.45, 7) is 1.75. The Morgan fingerprint density at radius 2 is 2.11 bits per heavy atom. The summed E-state index contributed by atoms with van der Waals surface area (Å²) in [4.78, 5) is 26.1. The van der Waals surface area contributed by atoms with Gasteiger partial charge in [-0.25, -0.2) is 14.8 Å². The van der Waals surface area contributed by atoms with Gasteiger partial charge in [0, 0.05) is 17.6 Å². The number of rotatable bonds is 4. The van der Waals surface area contributed by atoms with Crippen LogP contribution in [0.15, 0.2) is 29.7 Å². The number of nitrogen functional groups attached to an aromatic ring is 1. The van der Waals surface area contributed by atoms with Gasteiger partial charge in [-0.05, 0) is 13.0 Å². The molecule has 0 radical (unpaired) electrons. The van der Waals surface area contributed by atoms with Crippen molar-refractivity contribution in [2.45, 2.75) is 23.5 Å². The molecule has 0 saturated carbocycles. The van der Waals surface area contributed by atoms with Gasteiger partial charge in [-0.3, -0.25) is 10.3 Å². The molecule has 12 heteroatoms. The van der Waals surface area contributed by atoms with E-state index in [9.17, 15) is 18.0 Å². The van der Waals surface area contributed by atoms with E-state index in [-0.39, 0.29) is 16.2 Å². The van der Waals surface area contributed by atoms with Crippen LogP contribution < -0.4 is 11.1 Å². The first kappa shape index (κ1) is 19.7. The van der Waals surface area contributed by atoms with Gasteiger partial charge in [0.1, 0.15) is 5.82 Å². The minimum absolute atomic E-state index is 0.108. The highest BCUT2D eigenvalue weighted by atomic mass is 32.2. The number of aromatic amines is 1. The summed E-state index contributed by atoms with van der Waals surface area (Å²) in [7, 11) is 1.25. The number of carbonyl (C=O) groups is 1. The van der Waals surface area contributed by atoms with E-state index in [1.54, 1.807) is 25.4 Å². The fraction of sp³-hybridized carbons (Fsp3) is 0.250. The van der Waals surface area contributed by atoms with Crippen molar-refractivity contribution < 1.29 is 22.7 Å². The normalized spacial score (nSPS) is 12.8. The van der Waals surface area contributed by atoms with Crippen molar-refractivity contribution in [3.8, 4) is 0 Å². The number of ether oxygens (including phenoxy) is 1. The third-order valence-corrected chi connectivity index (χ3v) is 4.71. The number of hydrogen-bond donors (Lipinski definition) is 3. The van der Waals surface area contributed by atoms with Crippen LogP contribution in [0.3, 0.4) is 0 Å². The molecule has 1 amide bonds. The first-order chi connectivity index (χ1) is 13.2. The van der Waals surface area contributed by atoms with Gasteiger partial charge in [0.2, 0.25) is 0 Å². The molecule has 3 aromatic heterocycles. The van der Waals surface area contributed by atoms with Crippen LogP contribution >= 0.6 is 11.8 Å². The van der Waals surface area contributed by atoms with Crippen LogP contribution in [0.2, 0.25) is 0 Å². The maximum atomic E-state index is 12.9. The van der Waals surface area contributed by atoms with Crippen LogP contribution in [0.25, 0.3) is 10.9 Å². The quantitative estimate of drug-likeness (QED) is 0.438. The maximum Gasteiger partial charge on any atom is 0.433 e. The molecule has 0 aliphatic rings. The first-order valence-corrected chi connectivity index (χ1v) is 8.75. The Balaban J connectivity index is 1.87. The van der Waals surface area contributed by atoms with Gasteiger partial charge in [-0.15, -0.1) is 0 Å². The molecule has 0 aliphatic carbocycles. The Morgan fingerprint density at radius 3 is 2.79 bits per heavy atom. The van der Waals surface area contributed by atoms with Gasteiger partial charge < -0.3 is 15.5 Å². The molecule has 1 unspecified atom stereocenters. The lowest BCUT2D eigenvalue weighted by molar-refractivity contribution is -0.141. The number of nitrogens with one attached hydrogen (secondary N) is 2. The van der Waals surface area contributed by atoms with Crippen molar-refractivity contribution in [2.24, 2.45) is 0 Å². The minimum Gasteiger partial charge on any atom is -0.453 e. The number of halogens is 3. The monoisotopic (exact) mass is 412 g/mol. The van der Waals surface area contributed by atoms with E-state index in [1.165, 1.54) is 7.11 Å². The lowest BCUT2D eigenvalue weighted by Gasteiger charge is -2.12. The molecule has 0 spiro atoms. The summed E-state index contributed by atoms with van der Waals surface area (Å²) >= 11 is 0.990. The number of H-pyrrole nitrogens is 1. The number of aromatic nitrogens is 4. The molecular formula is C16H15F3N6O2S. The molecule has 8 nitrogen and oxygen atoms in total. The second-order valence-corrected chi connectivity index (χ2v) is 7.00. The molecular weight excluding hydrogens is 397 g/mol. The molecule has 0 fully saturated rings. The molecule has 3 heterocycles. The van der Waals surface area contributed by atoms with Gasteiger partial charge in [-0.2, -0.15) is 13.2 Å². The second kappa shape index (κ2) is 7.54. The van der Waals surface area contributed by atoms with Crippen LogP contribution in [0.1, 0.15) is 23.6 Å². The average Bonchev–Trinajstić information content (AvgIpc) is 3.02. The van der Waals surface area contributed by atoms with Crippen molar-refractivity contribution in [3.63, 3.8) is 0 Å². The number of methoxy groups -OCH3 is 1. The van der Waals surface area contributed by atoms with Gasteiger partial charge >= 0.3 is 12.3 Å². The third-order valence-electron chi connectivity index (χ3n) is 3.72. The Morgan fingerprint density at radius 1 is 1.36 bits per heavy atom. The molecule has 148 valence electrons. The fourth-order valence-corrected chi connectivity index (χ4v) is 3.26. The van der Waals surface area contributed by atoms with Crippen LogP contribution in [0, 0.1) is 0 Å². The highest BCUT2D eigenvalue weighted by molar-refractivity contribution is 7.99. The van der Waals surface area contributed by atoms with E-state index in [4.69, 9.17) is 5.73 Å². The lowest BCUT2D eigenvalue weighted by atomic mass is 10.2. The maximum absolute atomic E-state index is 12.9. The number of pyridine rings is 1. The number of hydrogen-bond acceptors (Lipinski definition) is 7.